The summed E-state index contributed by atoms with van der Waals surface area (Å²) in [5.41, 5.74) is -0.691. The second-order valence-electron chi connectivity index (χ2n) is 4.14. The predicted octanol–water partition coefficient (Wildman–Crippen LogP) is 2.87. The summed E-state index contributed by atoms with van der Waals surface area (Å²) in [6.07, 6.45) is 0.687. The van der Waals surface area contributed by atoms with E-state index in [0.29, 0.717) is 17.6 Å². The van der Waals surface area contributed by atoms with Gasteiger partial charge in [-0.25, -0.2) is 4.79 Å². The normalized spacial score (nSPS) is 10.9. The van der Waals surface area contributed by atoms with Gasteiger partial charge in [-0.15, -0.1) is 0 Å². The fourth-order valence-corrected chi connectivity index (χ4v) is 1.52. The second-order valence-corrected chi connectivity index (χ2v) is 4.55. The molecule has 0 aromatic heterocycles. The summed E-state index contributed by atoms with van der Waals surface area (Å²) in [4.78, 5) is 22.2. The smallest absolute Gasteiger partial charge is 0.349 e. The number of halogens is 1. The first kappa shape index (κ1) is 14.5. The lowest BCUT2D eigenvalue weighted by Crippen LogP contribution is -2.39. The van der Waals surface area contributed by atoms with Crippen molar-refractivity contribution in [3.8, 4) is 5.75 Å². The average molecular weight is 271 g/mol. The fourth-order valence-electron chi connectivity index (χ4n) is 1.29. The molecule has 0 fully saturated rings. The molecular formula is C13H15ClO4. The van der Waals surface area contributed by atoms with Gasteiger partial charge in [0, 0.05) is 5.56 Å². The van der Waals surface area contributed by atoms with Crippen molar-refractivity contribution in [1.29, 1.82) is 0 Å². The first-order valence-electron chi connectivity index (χ1n) is 5.51. The molecule has 98 valence electrons. The van der Waals surface area contributed by atoms with E-state index < -0.39 is 11.6 Å². The van der Waals surface area contributed by atoms with Gasteiger partial charge < -0.3 is 9.47 Å². The average Bonchev–Trinajstić information content (AvgIpc) is 2.32. The van der Waals surface area contributed by atoms with Crippen LogP contribution in [0.15, 0.2) is 18.2 Å². The molecule has 18 heavy (non-hydrogen) atoms. The van der Waals surface area contributed by atoms with Crippen LogP contribution in [0.3, 0.4) is 0 Å². The third-order valence-electron chi connectivity index (χ3n) is 2.22. The van der Waals surface area contributed by atoms with E-state index in [1.807, 2.05) is 0 Å². The Kier molecular flexibility index (Phi) is 4.73. The van der Waals surface area contributed by atoms with E-state index in [2.05, 4.69) is 0 Å². The SMILES string of the molecule is CCOC(=O)C(C)(C)Oc1ccc(C=O)cc1Cl. The number of ether oxygens (including phenoxy) is 2. The molecule has 0 saturated carbocycles. The number of esters is 1. The Morgan fingerprint density at radius 3 is 2.61 bits per heavy atom. The van der Waals surface area contributed by atoms with E-state index in [1.165, 1.54) is 6.07 Å². The van der Waals surface area contributed by atoms with Crippen molar-refractivity contribution in [3.05, 3.63) is 28.8 Å². The van der Waals surface area contributed by atoms with Crippen LogP contribution in [0, 0.1) is 0 Å². The highest BCUT2D eigenvalue weighted by molar-refractivity contribution is 6.32. The lowest BCUT2D eigenvalue weighted by Gasteiger charge is -2.24. The van der Waals surface area contributed by atoms with E-state index in [0.717, 1.165) is 0 Å². The molecule has 4 nitrogen and oxygen atoms in total. The van der Waals surface area contributed by atoms with Crippen molar-refractivity contribution in [1.82, 2.24) is 0 Å². The maximum absolute atomic E-state index is 11.7. The number of carbonyl (C=O) groups excluding carboxylic acids is 2. The molecule has 0 unspecified atom stereocenters. The van der Waals surface area contributed by atoms with Gasteiger partial charge in [0.15, 0.2) is 5.60 Å². The maximum Gasteiger partial charge on any atom is 0.349 e. The number of carbonyl (C=O) groups is 2. The standard InChI is InChI=1S/C13H15ClO4/c1-4-17-12(16)13(2,3)18-11-6-5-9(8-15)7-10(11)14/h5-8H,4H2,1-3H3. The minimum absolute atomic E-state index is 0.275. The molecule has 0 saturated heterocycles. The fraction of sp³-hybridized carbons (Fsp3) is 0.385. The van der Waals surface area contributed by atoms with Crippen LogP contribution in [-0.4, -0.2) is 24.5 Å². The van der Waals surface area contributed by atoms with Gasteiger partial charge in [-0.3, -0.25) is 4.79 Å². The van der Waals surface area contributed by atoms with Crippen LogP contribution in [0.2, 0.25) is 5.02 Å². The van der Waals surface area contributed by atoms with Crippen LogP contribution in [-0.2, 0) is 9.53 Å². The second kappa shape index (κ2) is 5.87. The molecular weight excluding hydrogens is 256 g/mol. The summed E-state index contributed by atoms with van der Waals surface area (Å²) in [5, 5.41) is 0.275. The van der Waals surface area contributed by atoms with Gasteiger partial charge >= 0.3 is 5.97 Å². The molecule has 0 N–H and O–H groups in total. The highest BCUT2D eigenvalue weighted by Gasteiger charge is 2.32. The zero-order valence-electron chi connectivity index (χ0n) is 10.5. The number of benzene rings is 1. The van der Waals surface area contributed by atoms with Crippen molar-refractivity contribution in [2.75, 3.05) is 6.61 Å². The first-order valence-corrected chi connectivity index (χ1v) is 5.89. The molecule has 0 bridgehead atoms. The molecule has 0 aliphatic rings. The molecule has 0 spiro atoms. The van der Waals surface area contributed by atoms with Gasteiger partial charge in [0.1, 0.15) is 12.0 Å². The van der Waals surface area contributed by atoms with Crippen LogP contribution >= 0.6 is 11.6 Å². The summed E-state index contributed by atoms with van der Waals surface area (Å²) < 4.78 is 10.4. The third-order valence-corrected chi connectivity index (χ3v) is 2.52. The summed E-state index contributed by atoms with van der Waals surface area (Å²) >= 11 is 5.96. The van der Waals surface area contributed by atoms with Crippen molar-refractivity contribution in [2.45, 2.75) is 26.4 Å². The molecule has 1 rings (SSSR count). The summed E-state index contributed by atoms with van der Waals surface area (Å²) in [5.74, 6) is -0.138. The Hall–Kier alpha value is -1.55. The van der Waals surface area contributed by atoms with Crippen LogP contribution in [0.25, 0.3) is 0 Å². The number of aldehydes is 1. The summed E-state index contributed by atoms with van der Waals surface area (Å²) in [6.45, 7) is 5.19. The molecule has 1 aromatic rings. The summed E-state index contributed by atoms with van der Waals surface area (Å²) in [6, 6.07) is 4.59. The molecule has 0 radical (unpaired) electrons. The van der Waals surface area contributed by atoms with Crippen LogP contribution in [0.1, 0.15) is 31.1 Å². The van der Waals surface area contributed by atoms with Gasteiger partial charge in [0.25, 0.3) is 0 Å². The zero-order chi connectivity index (χ0) is 13.8. The van der Waals surface area contributed by atoms with E-state index in [1.54, 1.807) is 32.9 Å². The van der Waals surface area contributed by atoms with E-state index in [-0.39, 0.29) is 11.6 Å². The van der Waals surface area contributed by atoms with Crippen molar-refractivity contribution >= 4 is 23.9 Å². The third kappa shape index (κ3) is 3.47. The predicted molar refractivity (Wildman–Crippen MR) is 68.2 cm³/mol. The minimum atomic E-state index is -1.14. The Balaban J connectivity index is 2.90. The van der Waals surface area contributed by atoms with E-state index >= 15 is 0 Å². The van der Waals surface area contributed by atoms with Crippen molar-refractivity contribution in [2.24, 2.45) is 0 Å². The first-order chi connectivity index (χ1) is 8.40. The van der Waals surface area contributed by atoms with Gasteiger partial charge in [-0.1, -0.05) is 11.6 Å². The van der Waals surface area contributed by atoms with Crippen molar-refractivity contribution in [3.63, 3.8) is 0 Å². The molecule has 1 aromatic carbocycles. The quantitative estimate of drug-likeness (QED) is 0.610. The Labute approximate surface area is 111 Å². The van der Waals surface area contributed by atoms with E-state index in [4.69, 9.17) is 21.1 Å². The largest absolute Gasteiger partial charge is 0.475 e. The molecule has 5 heteroatoms. The highest BCUT2D eigenvalue weighted by atomic mass is 35.5. The Morgan fingerprint density at radius 1 is 1.44 bits per heavy atom. The van der Waals surface area contributed by atoms with Gasteiger partial charge in [0.2, 0.25) is 0 Å². The molecule has 0 heterocycles. The lowest BCUT2D eigenvalue weighted by molar-refractivity contribution is -0.158. The Morgan fingerprint density at radius 2 is 2.11 bits per heavy atom. The maximum atomic E-state index is 11.7. The lowest BCUT2D eigenvalue weighted by atomic mass is 10.1. The van der Waals surface area contributed by atoms with Gasteiger partial charge in [0.05, 0.1) is 11.6 Å². The highest BCUT2D eigenvalue weighted by Crippen LogP contribution is 2.28. The zero-order valence-corrected chi connectivity index (χ0v) is 11.3. The number of hydrogen-bond acceptors (Lipinski definition) is 4. The van der Waals surface area contributed by atoms with Crippen LogP contribution in [0.5, 0.6) is 5.75 Å². The van der Waals surface area contributed by atoms with Crippen LogP contribution in [0.4, 0.5) is 0 Å². The number of rotatable bonds is 5. The van der Waals surface area contributed by atoms with Gasteiger partial charge in [-0.2, -0.15) is 0 Å². The number of hydrogen-bond donors (Lipinski definition) is 0. The molecule has 0 atom stereocenters. The van der Waals surface area contributed by atoms with E-state index in [9.17, 15) is 9.59 Å². The van der Waals surface area contributed by atoms with Gasteiger partial charge in [-0.05, 0) is 39.0 Å². The molecule has 0 aliphatic carbocycles. The van der Waals surface area contributed by atoms with Crippen molar-refractivity contribution < 1.29 is 19.1 Å². The van der Waals surface area contributed by atoms with Crippen LogP contribution < -0.4 is 4.74 Å². The Bertz CT molecular complexity index is 454. The monoisotopic (exact) mass is 270 g/mol. The minimum Gasteiger partial charge on any atom is -0.475 e. The summed E-state index contributed by atoms with van der Waals surface area (Å²) in [7, 11) is 0. The molecule has 0 aliphatic heterocycles. The topological polar surface area (TPSA) is 52.6 Å². The molecule has 0 amide bonds.